The summed E-state index contributed by atoms with van der Waals surface area (Å²) in [5.41, 5.74) is 0.349. The summed E-state index contributed by atoms with van der Waals surface area (Å²) in [6, 6.07) is 25.9. The first-order valence-electron chi connectivity index (χ1n) is 14.6. The largest absolute Gasteiger partial charge is 0.354 e. The quantitative estimate of drug-likeness (QED) is 0.145. The number of rotatable bonds is 14. The molecule has 4 rings (SSSR count). The highest BCUT2D eigenvalue weighted by atomic mass is 32.2. The monoisotopic (exact) mass is 646 g/mol. The third kappa shape index (κ3) is 8.54. The summed E-state index contributed by atoms with van der Waals surface area (Å²) in [6.07, 6.45) is 0.0627. The summed E-state index contributed by atoms with van der Waals surface area (Å²) in [7, 11) is -4.44. The fourth-order valence-corrected chi connectivity index (χ4v) is 6.22. The van der Waals surface area contributed by atoms with Gasteiger partial charge in [0.2, 0.25) is 11.8 Å². The van der Waals surface area contributed by atoms with Gasteiger partial charge in [0.15, 0.2) is 0 Å². The molecule has 46 heavy (non-hydrogen) atoms. The highest BCUT2D eigenvalue weighted by Gasteiger charge is 2.35. The minimum Gasteiger partial charge on any atom is -0.354 e. The van der Waals surface area contributed by atoms with E-state index in [0.29, 0.717) is 6.54 Å². The number of nitrogens with one attached hydrogen (secondary N) is 1. The average Bonchev–Trinajstić information content (AvgIpc) is 3.05. The van der Waals surface area contributed by atoms with E-state index in [-0.39, 0.29) is 40.7 Å². The van der Waals surface area contributed by atoms with Crippen LogP contribution in [-0.2, 0) is 32.6 Å². The molecular weight excluding hydrogens is 611 g/mol. The molecular formula is C34H35FN4O6S. The van der Waals surface area contributed by atoms with Crippen LogP contribution in [0.3, 0.4) is 0 Å². The summed E-state index contributed by atoms with van der Waals surface area (Å²) >= 11 is 0. The second-order valence-electron chi connectivity index (χ2n) is 11.1. The van der Waals surface area contributed by atoms with Gasteiger partial charge in [0, 0.05) is 37.2 Å². The Bertz CT molecular complexity index is 1770. The van der Waals surface area contributed by atoms with E-state index in [2.05, 4.69) is 5.32 Å². The normalized spacial score (nSPS) is 11.9. The van der Waals surface area contributed by atoms with Crippen molar-refractivity contribution in [3.05, 3.63) is 136 Å². The number of nitro benzene ring substituents is 1. The molecule has 12 heteroatoms. The average molecular weight is 647 g/mol. The van der Waals surface area contributed by atoms with Gasteiger partial charge in [-0.25, -0.2) is 12.8 Å². The predicted molar refractivity (Wildman–Crippen MR) is 173 cm³/mol. The number of non-ortho nitro benzene ring substituents is 1. The molecule has 10 nitrogen and oxygen atoms in total. The lowest BCUT2D eigenvalue weighted by Crippen LogP contribution is -2.53. The van der Waals surface area contributed by atoms with Crippen molar-refractivity contribution in [2.45, 2.75) is 37.8 Å². The smallest absolute Gasteiger partial charge is 0.271 e. The Balaban J connectivity index is 1.83. The van der Waals surface area contributed by atoms with Crippen LogP contribution in [-0.4, -0.2) is 49.2 Å². The van der Waals surface area contributed by atoms with E-state index in [9.17, 15) is 28.1 Å². The van der Waals surface area contributed by atoms with E-state index in [1.54, 1.807) is 36.4 Å². The van der Waals surface area contributed by atoms with Gasteiger partial charge in [-0.1, -0.05) is 86.6 Å². The highest BCUT2D eigenvalue weighted by Crippen LogP contribution is 2.28. The third-order valence-electron chi connectivity index (χ3n) is 7.19. The van der Waals surface area contributed by atoms with E-state index in [0.717, 1.165) is 15.9 Å². The van der Waals surface area contributed by atoms with Crippen LogP contribution < -0.4 is 9.62 Å². The fraction of sp³-hybridized carbons (Fsp3) is 0.235. The van der Waals surface area contributed by atoms with E-state index >= 15 is 4.39 Å². The van der Waals surface area contributed by atoms with Crippen molar-refractivity contribution in [3.63, 3.8) is 0 Å². The standard InChI is InChI=1S/C34H35FN4O6S/c1-25(2)22-36-34(41)32(20-26-12-5-3-6-13-26)37(23-27-14-9-10-19-31(27)35)33(40)24-38(28-15-11-16-29(21-28)39(42)43)46(44,45)30-17-7-4-8-18-30/h3-19,21,25,32H,20,22-24H2,1-2H3,(H,36,41). The molecule has 0 aliphatic rings. The molecule has 4 aromatic carbocycles. The molecule has 0 aromatic heterocycles. The van der Waals surface area contributed by atoms with Crippen LogP contribution in [0.25, 0.3) is 0 Å². The minimum atomic E-state index is -4.44. The first-order chi connectivity index (χ1) is 22.0. The molecule has 0 aliphatic carbocycles. The van der Waals surface area contributed by atoms with Crippen LogP contribution >= 0.6 is 0 Å². The van der Waals surface area contributed by atoms with E-state index < -0.39 is 45.2 Å². The summed E-state index contributed by atoms with van der Waals surface area (Å²) in [4.78, 5) is 40.1. The van der Waals surface area contributed by atoms with Crippen LogP contribution in [0.2, 0.25) is 0 Å². The number of benzene rings is 4. The first-order valence-corrected chi connectivity index (χ1v) is 16.1. The summed E-state index contributed by atoms with van der Waals surface area (Å²) in [5, 5.41) is 14.5. The number of hydrogen-bond donors (Lipinski definition) is 1. The van der Waals surface area contributed by atoms with Gasteiger partial charge in [0.05, 0.1) is 15.5 Å². The Kier molecular flexibility index (Phi) is 11.2. The van der Waals surface area contributed by atoms with Crippen LogP contribution in [0.15, 0.2) is 114 Å². The van der Waals surface area contributed by atoms with Crippen LogP contribution in [0, 0.1) is 21.8 Å². The maximum atomic E-state index is 15.0. The first kappa shape index (κ1) is 33.8. The Morgan fingerprint density at radius 3 is 2.15 bits per heavy atom. The molecule has 1 unspecified atom stereocenters. The molecule has 1 N–H and O–H groups in total. The van der Waals surface area contributed by atoms with Gasteiger partial charge in [0.25, 0.3) is 15.7 Å². The maximum absolute atomic E-state index is 15.0. The van der Waals surface area contributed by atoms with Crippen LogP contribution in [0.1, 0.15) is 25.0 Å². The zero-order valence-corrected chi connectivity index (χ0v) is 26.3. The number of amides is 2. The van der Waals surface area contributed by atoms with E-state index in [1.807, 2.05) is 19.9 Å². The molecule has 0 bridgehead atoms. The number of hydrogen-bond acceptors (Lipinski definition) is 6. The van der Waals surface area contributed by atoms with Gasteiger partial charge in [0.1, 0.15) is 18.4 Å². The Morgan fingerprint density at radius 1 is 0.891 bits per heavy atom. The molecule has 0 heterocycles. The number of nitro groups is 1. The molecule has 240 valence electrons. The molecule has 2 amide bonds. The molecule has 0 saturated carbocycles. The number of nitrogens with zero attached hydrogens (tertiary/aromatic N) is 3. The Morgan fingerprint density at radius 2 is 1.52 bits per heavy atom. The van der Waals surface area contributed by atoms with Crippen molar-refractivity contribution in [1.82, 2.24) is 10.2 Å². The topological polar surface area (TPSA) is 130 Å². The molecule has 1 atom stereocenters. The fourth-order valence-electron chi connectivity index (χ4n) is 4.80. The van der Waals surface area contributed by atoms with Crippen molar-refractivity contribution in [2.75, 3.05) is 17.4 Å². The zero-order chi connectivity index (χ0) is 33.3. The van der Waals surface area contributed by atoms with E-state index in [1.165, 1.54) is 65.6 Å². The zero-order valence-electron chi connectivity index (χ0n) is 25.5. The van der Waals surface area contributed by atoms with Gasteiger partial charge >= 0.3 is 0 Å². The Labute approximate surface area is 267 Å². The maximum Gasteiger partial charge on any atom is 0.271 e. The molecule has 4 aromatic rings. The molecule has 0 saturated heterocycles. The number of carbonyl (C=O) groups excluding carboxylic acids is 2. The van der Waals surface area contributed by atoms with Crippen molar-refractivity contribution < 1.29 is 27.3 Å². The van der Waals surface area contributed by atoms with Crippen molar-refractivity contribution >= 4 is 33.2 Å². The van der Waals surface area contributed by atoms with Crippen LogP contribution in [0.5, 0.6) is 0 Å². The minimum absolute atomic E-state index is 0.0627. The SMILES string of the molecule is CC(C)CNC(=O)C(Cc1ccccc1)N(Cc1ccccc1F)C(=O)CN(c1cccc([N+](=O)[O-])c1)S(=O)(=O)c1ccccc1. The van der Waals surface area contributed by atoms with Crippen molar-refractivity contribution in [1.29, 1.82) is 0 Å². The molecule has 0 aliphatic heterocycles. The third-order valence-corrected chi connectivity index (χ3v) is 8.98. The van der Waals surface area contributed by atoms with Crippen molar-refractivity contribution in [3.8, 4) is 0 Å². The van der Waals surface area contributed by atoms with Crippen LogP contribution in [0.4, 0.5) is 15.8 Å². The highest BCUT2D eigenvalue weighted by molar-refractivity contribution is 7.92. The van der Waals surface area contributed by atoms with Crippen molar-refractivity contribution in [2.24, 2.45) is 5.92 Å². The predicted octanol–water partition coefficient (Wildman–Crippen LogP) is 5.34. The summed E-state index contributed by atoms with van der Waals surface area (Å²) < 4.78 is 43.8. The van der Waals surface area contributed by atoms with Gasteiger partial charge in [-0.15, -0.1) is 0 Å². The summed E-state index contributed by atoms with van der Waals surface area (Å²) in [5.74, 6) is -1.81. The molecule has 0 radical (unpaired) electrons. The Hall–Kier alpha value is -5.10. The summed E-state index contributed by atoms with van der Waals surface area (Å²) in [6.45, 7) is 2.98. The van der Waals surface area contributed by atoms with Gasteiger partial charge in [-0.05, 0) is 35.7 Å². The number of carbonyl (C=O) groups is 2. The lowest BCUT2D eigenvalue weighted by atomic mass is 10.0. The molecule has 0 spiro atoms. The number of sulfonamides is 1. The molecule has 0 fully saturated rings. The lowest BCUT2D eigenvalue weighted by Gasteiger charge is -2.34. The second kappa shape index (κ2) is 15.3. The van der Waals surface area contributed by atoms with Gasteiger partial charge in [-0.3, -0.25) is 24.0 Å². The number of halogens is 1. The number of anilines is 1. The van der Waals surface area contributed by atoms with E-state index in [4.69, 9.17) is 0 Å². The van der Waals surface area contributed by atoms with Gasteiger partial charge < -0.3 is 10.2 Å². The van der Waals surface area contributed by atoms with Gasteiger partial charge in [-0.2, -0.15) is 0 Å². The lowest BCUT2D eigenvalue weighted by molar-refractivity contribution is -0.384. The second-order valence-corrected chi connectivity index (χ2v) is 12.9.